The summed E-state index contributed by atoms with van der Waals surface area (Å²) in [5.41, 5.74) is 9.09. The Morgan fingerprint density at radius 3 is 2.76 bits per heavy atom. The molecular formula is C17H26N2OS. The number of aryl methyl sites for hydroxylation is 2. The van der Waals surface area contributed by atoms with E-state index in [1.807, 2.05) is 0 Å². The van der Waals surface area contributed by atoms with Crippen molar-refractivity contribution in [3.05, 3.63) is 22.9 Å². The number of unbranched alkanes of at least 4 members (excludes halogenated alkanes) is 4. The largest absolute Gasteiger partial charge is 0.477 e. The number of rotatable bonds is 8. The molecule has 0 fully saturated rings. The van der Waals surface area contributed by atoms with E-state index in [-0.39, 0.29) is 0 Å². The Hall–Kier alpha value is -1.16. The van der Waals surface area contributed by atoms with Crippen molar-refractivity contribution >= 4 is 17.2 Å². The highest BCUT2D eigenvalue weighted by Gasteiger charge is 2.17. The first-order valence-electron chi connectivity index (χ1n) is 8.17. The van der Waals surface area contributed by atoms with Gasteiger partial charge in [-0.25, -0.2) is 4.98 Å². The molecule has 0 aromatic carbocycles. The molecule has 0 saturated heterocycles. The summed E-state index contributed by atoms with van der Waals surface area (Å²) in [6, 6.07) is 2.09. The van der Waals surface area contributed by atoms with Gasteiger partial charge in [0.05, 0.1) is 12.2 Å². The molecular weight excluding hydrogens is 280 g/mol. The van der Waals surface area contributed by atoms with Crippen LogP contribution in [0.1, 0.15) is 68.7 Å². The Bertz CT molecular complexity index is 488. The third kappa shape index (κ3) is 4.67. The summed E-state index contributed by atoms with van der Waals surface area (Å²) in [5.74, 6) is 0.638. The maximum absolute atomic E-state index is 5.87. The number of nitrogens with zero attached hydrogens (tertiary/aromatic N) is 1. The smallest absolute Gasteiger partial charge is 0.224 e. The number of nitrogens with two attached hydrogens (primary N) is 1. The zero-order valence-corrected chi connectivity index (χ0v) is 13.8. The van der Waals surface area contributed by atoms with E-state index in [0.717, 1.165) is 24.8 Å². The molecule has 0 amide bonds. The summed E-state index contributed by atoms with van der Waals surface area (Å²) in [4.78, 5) is 5.06. The lowest BCUT2D eigenvalue weighted by Crippen LogP contribution is -2.16. The first kappa shape index (κ1) is 16.2. The Morgan fingerprint density at radius 2 is 2.00 bits per heavy atom. The van der Waals surface area contributed by atoms with Crippen LogP contribution in [0.2, 0.25) is 0 Å². The van der Waals surface area contributed by atoms with Gasteiger partial charge in [0.1, 0.15) is 4.99 Å². The highest BCUT2D eigenvalue weighted by Crippen LogP contribution is 2.26. The first-order chi connectivity index (χ1) is 10.2. The van der Waals surface area contributed by atoms with Crippen LogP contribution in [0.15, 0.2) is 6.07 Å². The van der Waals surface area contributed by atoms with Crippen molar-refractivity contribution in [3.63, 3.8) is 0 Å². The van der Waals surface area contributed by atoms with Crippen LogP contribution in [-0.4, -0.2) is 16.6 Å². The second-order valence-electron chi connectivity index (χ2n) is 5.78. The quantitative estimate of drug-likeness (QED) is 0.583. The summed E-state index contributed by atoms with van der Waals surface area (Å²) in [6.07, 6.45) is 10.7. The average Bonchev–Trinajstić information content (AvgIpc) is 2.49. The molecule has 3 nitrogen and oxygen atoms in total. The zero-order valence-electron chi connectivity index (χ0n) is 13.0. The number of ether oxygens (including phenoxy) is 1. The van der Waals surface area contributed by atoms with Gasteiger partial charge in [-0.3, -0.25) is 0 Å². The van der Waals surface area contributed by atoms with Gasteiger partial charge in [0.25, 0.3) is 0 Å². The third-order valence-corrected chi connectivity index (χ3v) is 4.24. The van der Waals surface area contributed by atoms with Crippen LogP contribution in [0.25, 0.3) is 0 Å². The summed E-state index contributed by atoms with van der Waals surface area (Å²) in [6.45, 7) is 2.92. The fourth-order valence-corrected chi connectivity index (χ4v) is 2.92. The maximum Gasteiger partial charge on any atom is 0.224 e. The summed E-state index contributed by atoms with van der Waals surface area (Å²) >= 11 is 5.15. The number of hydrogen-bond donors (Lipinski definition) is 1. The number of aromatic nitrogens is 1. The van der Waals surface area contributed by atoms with Gasteiger partial charge in [-0.1, -0.05) is 44.8 Å². The van der Waals surface area contributed by atoms with Crippen LogP contribution in [0.4, 0.5) is 0 Å². The average molecular weight is 306 g/mol. The normalized spacial score (nSPS) is 13.8. The van der Waals surface area contributed by atoms with Gasteiger partial charge >= 0.3 is 0 Å². The first-order valence-corrected chi connectivity index (χ1v) is 8.58. The molecule has 0 radical (unpaired) electrons. The number of hydrogen-bond acceptors (Lipinski definition) is 3. The van der Waals surface area contributed by atoms with Gasteiger partial charge in [0.15, 0.2) is 0 Å². The molecule has 21 heavy (non-hydrogen) atoms. The van der Waals surface area contributed by atoms with Crippen LogP contribution in [0.3, 0.4) is 0 Å². The molecule has 0 unspecified atom stereocenters. The molecule has 1 aromatic heterocycles. The van der Waals surface area contributed by atoms with Gasteiger partial charge in [-0.05, 0) is 43.7 Å². The minimum Gasteiger partial charge on any atom is -0.477 e. The van der Waals surface area contributed by atoms with Crippen molar-refractivity contribution < 1.29 is 4.74 Å². The predicted octanol–water partition coefficient (Wildman–Crippen LogP) is 3.94. The van der Waals surface area contributed by atoms with E-state index >= 15 is 0 Å². The molecule has 116 valence electrons. The lowest BCUT2D eigenvalue weighted by Gasteiger charge is -2.18. The van der Waals surface area contributed by atoms with E-state index in [2.05, 4.69) is 18.0 Å². The summed E-state index contributed by atoms with van der Waals surface area (Å²) in [7, 11) is 0. The molecule has 1 aliphatic carbocycles. The van der Waals surface area contributed by atoms with Crippen LogP contribution >= 0.6 is 12.2 Å². The van der Waals surface area contributed by atoms with Gasteiger partial charge < -0.3 is 10.5 Å². The second kappa shape index (κ2) is 8.32. The highest BCUT2D eigenvalue weighted by atomic mass is 32.1. The molecule has 0 aliphatic heterocycles. The van der Waals surface area contributed by atoms with Crippen LogP contribution in [-0.2, 0) is 12.8 Å². The Morgan fingerprint density at radius 1 is 1.24 bits per heavy atom. The molecule has 2 rings (SSSR count). The van der Waals surface area contributed by atoms with Crippen molar-refractivity contribution in [2.45, 2.75) is 64.7 Å². The molecule has 0 spiro atoms. The van der Waals surface area contributed by atoms with Crippen molar-refractivity contribution in [2.75, 3.05) is 6.61 Å². The SMILES string of the molecule is CCCCCCCOc1nc2c(cc1C(N)=S)CCCC2. The van der Waals surface area contributed by atoms with E-state index in [0.29, 0.717) is 17.5 Å². The van der Waals surface area contributed by atoms with E-state index in [4.69, 9.17) is 22.7 Å². The second-order valence-corrected chi connectivity index (χ2v) is 6.22. The Labute approximate surface area is 133 Å². The van der Waals surface area contributed by atoms with Crippen molar-refractivity contribution in [1.82, 2.24) is 4.98 Å². The lowest BCUT2D eigenvalue weighted by atomic mass is 9.95. The standard InChI is InChI=1S/C17H26N2OS/c1-2-3-4-5-8-11-20-17-14(16(18)21)12-13-9-6-7-10-15(13)19-17/h12H,2-11H2,1H3,(H2,18,21). The van der Waals surface area contributed by atoms with Gasteiger partial charge in [-0.2, -0.15) is 0 Å². The zero-order chi connectivity index (χ0) is 15.1. The molecule has 0 saturated carbocycles. The van der Waals surface area contributed by atoms with Gasteiger partial charge in [-0.15, -0.1) is 0 Å². The Balaban J connectivity index is 1.98. The van der Waals surface area contributed by atoms with E-state index in [9.17, 15) is 0 Å². The van der Waals surface area contributed by atoms with Crippen molar-refractivity contribution in [2.24, 2.45) is 5.73 Å². The van der Waals surface area contributed by atoms with E-state index < -0.39 is 0 Å². The topological polar surface area (TPSA) is 48.1 Å². The van der Waals surface area contributed by atoms with Crippen LogP contribution in [0, 0.1) is 0 Å². The van der Waals surface area contributed by atoms with Gasteiger partial charge in [0, 0.05) is 5.69 Å². The van der Waals surface area contributed by atoms with Crippen LogP contribution in [0.5, 0.6) is 5.88 Å². The lowest BCUT2D eigenvalue weighted by molar-refractivity contribution is 0.291. The van der Waals surface area contributed by atoms with E-state index in [1.165, 1.54) is 49.8 Å². The maximum atomic E-state index is 5.87. The molecule has 1 aromatic rings. The minimum atomic E-state index is 0.386. The predicted molar refractivity (Wildman–Crippen MR) is 91.0 cm³/mol. The van der Waals surface area contributed by atoms with E-state index in [1.54, 1.807) is 0 Å². The highest BCUT2D eigenvalue weighted by molar-refractivity contribution is 7.80. The van der Waals surface area contributed by atoms with Gasteiger partial charge in [0.2, 0.25) is 5.88 Å². The monoisotopic (exact) mass is 306 g/mol. The summed E-state index contributed by atoms with van der Waals surface area (Å²) in [5, 5.41) is 0. The number of pyridine rings is 1. The van der Waals surface area contributed by atoms with Crippen molar-refractivity contribution in [1.29, 1.82) is 0 Å². The molecule has 4 heteroatoms. The molecule has 2 N–H and O–H groups in total. The fourth-order valence-electron chi connectivity index (χ4n) is 2.78. The third-order valence-electron chi connectivity index (χ3n) is 4.02. The van der Waals surface area contributed by atoms with Crippen LogP contribution < -0.4 is 10.5 Å². The van der Waals surface area contributed by atoms with Crippen molar-refractivity contribution in [3.8, 4) is 5.88 Å². The molecule has 1 heterocycles. The molecule has 0 atom stereocenters. The molecule has 1 aliphatic rings. The molecule has 0 bridgehead atoms. The minimum absolute atomic E-state index is 0.386. The Kier molecular flexibility index (Phi) is 6.43. The number of thiocarbonyl (C=S) groups is 1. The number of fused-ring (bicyclic) bond motifs is 1. The fraction of sp³-hybridized carbons (Fsp3) is 0.647. The summed E-state index contributed by atoms with van der Waals surface area (Å²) < 4.78 is 5.87.